The number of hydrogen-bond acceptors (Lipinski definition) is 5. The lowest BCUT2D eigenvalue weighted by Gasteiger charge is -2.30. The molecular formula is C62H41N3S2. The molecule has 0 spiro atoms. The Morgan fingerprint density at radius 1 is 0.224 bits per heavy atom. The molecule has 0 N–H and O–H groups in total. The Hall–Kier alpha value is -8.22. The molecule has 0 atom stereocenters. The van der Waals surface area contributed by atoms with Crippen molar-refractivity contribution in [1.29, 1.82) is 0 Å². The molecule has 316 valence electrons. The molecule has 11 aromatic carbocycles. The average Bonchev–Trinajstić information content (AvgIpc) is 3.96. The molecule has 2 aromatic heterocycles. The molecule has 13 aromatic rings. The first-order valence-corrected chi connectivity index (χ1v) is 24.3. The lowest BCUT2D eigenvalue weighted by Crippen LogP contribution is -2.13. The molecular weight excluding hydrogens is 851 g/mol. The van der Waals surface area contributed by atoms with Gasteiger partial charge in [-0.15, -0.1) is 22.7 Å². The average molecular weight is 892 g/mol. The Morgan fingerprint density at radius 2 is 0.672 bits per heavy atom. The molecule has 0 radical (unpaired) electrons. The molecule has 0 aliphatic carbocycles. The van der Waals surface area contributed by atoms with Crippen LogP contribution in [0.2, 0.25) is 0 Å². The third-order valence-electron chi connectivity index (χ3n) is 12.9. The van der Waals surface area contributed by atoms with Gasteiger partial charge in [0.25, 0.3) is 0 Å². The third-order valence-corrected chi connectivity index (χ3v) is 15.2. The van der Waals surface area contributed by atoms with Crippen LogP contribution in [0.25, 0.3) is 61.9 Å². The van der Waals surface area contributed by atoms with Gasteiger partial charge in [0.15, 0.2) is 0 Å². The van der Waals surface area contributed by atoms with Gasteiger partial charge in [0.05, 0.1) is 5.69 Å². The molecule has 13 rings (SSSR count). The Bertz CT molecular complexity index is 3900. The molecule has 0 saturated carbocycles. The summed E-state index contributed by atoms with van der Waals surface area (Å²) in [6, 6.07) is 90.7. The molecule has 0 saturated heterocycles. The highest BCUT2D eigenvalue weighted by molar-refractivity contribution is 7.26. The van der Waals surface area contributed by atoms with Crippen LogP contribution in [0.1, 0.15) is 0 Å². The highest BCUT2D eigenvalue weighted by Crippen LogP contribution is 2.50. The van der Waals surface area contributed by atoms with Crippen molar-refractivity contribution in [3.8, 4) is 0 Å². The van der Waals surface area contributed by atoms with Crippen LogP contribution >= 0.6 is 22.7 Å². The molecule has 67 heavy (non-hydrogen) atoms. The number of rotatable bonds is 9. The van der Waals surface area contributed by atoms with Gasteiger partial charge in [-0.1, -0.05) is 140 Å². The summed E-state index contributed by atoms with van der Waals surface area (Å²) in [6.07, 6.45) is 0. The minimum atomic E-state index is 1.09. The van der Waals surface area contributed by atoms with Crippen LogP contribution in [-0.2, 0) is 0 Å². The summed E-state index contributed by atoms with van der Waals surface area (Å²) in [6.45, 7) is 0. The molecule has 0 unspecified atom stereocenters. The van der Waals surface area contributed by atoms with Crippen LogP contribution < -0.4 is 14.7 Å². The summed E-state index contributed by atoms with van der Waals surface area (Å²) in [5.41, 5.74) is 10.0. The summed E-state index contributed by atoms with van der Waals surface area (Å²) >= 11 is 3.71. The van der Waals surface area contributed by atoms with Crippen molar-refractivity contribution in [2.45, 2.75) is 0 Å². The summed E-state index contributed by atoms with van der Waals surface area (Å²) < 4.78 is 5.01. The summed E-state index contributed by atoms with van der Waals surface area (Å²) in [7, 11) is 0. The van der Waals surface area contributed by atoms with E-state index in [0.29, 0.717) is 0 Å². The zero-order chi connectivity index (χ0) is 44.3. The molecule has 0 bridgehead atoms. The first-order valence-electron chi connectivity index (χ1n) is 22.7. The molecule has 2 heterocycles. The van der Waals surface area contributed by atoms with Gasteiger partial charge in [-0.2, -0.15) is 0 Å². The second-order valence-corrected chi connectivity index (χ2v) is 19.1. The van der Waals surface area contributed by atoms with Crippen LogP contribution in [0.4, 0.5) is 51.2 Å². The van der Waals surface area contributed by atoms with Gasteiger partial charge in [-0.3, -0.25) is 0 Å². The topological polar surface area (TPSA) is 9.72 Å². The first kappa shape index (κ1) is 39.2. The molecule has 0 aliphatic rings. The van der Waals surface area contributed by atoms with E-state index in [-0.39, 0.29) is 0 Å². The van der Waals surface area contributed by atoms with E-state index in [1.165, 1.54) is 61.9 Å². The van der Waals surface area contributed by atoms with Crippen molar-refractivity contribution in [2.24, 2.45) is 0 Å². The number of hydrogen-bond donors (Lipinski definition) is 0. The maximum absolute atomic E-state index is 2.47. The van der Waals surface area contributed by atoms with Gasteiger partial charge in [0.2, 0.25) is 0 Å². The van der Waals surface area contributed by atoms with Crippen molar-refractivity contribution in [3.63, 3.8) is 0 Å². The highest BCUT2D eigenvalue weighted by atomic mass is 32.1. The Balaban J connectivity index is 1.01. The van der Waals surface area contributed by atoms with E-state index in [1.54, 1.807) is 0 Å². The molecule has 0 amide bonds. The van der Waals surface area contributed by atoms with E-state index in [4.69, 9.17) is 0 Å². The van der Waals surface area contributed by atoms with Crippen LogP contribution in [0.5, 0.6) is 0 Å². The van der Waals surface area contributed by atoms with E-state index < -0.39 is 0 Å². The van der Waals surface area contributed by atoms with Gasteiger partial charge in [-0.25, -0.2) is 0 Å². The summed E-state index contributed by atoms with van der Waals surface area (Å²) in [5.74, 6) is 0. The zero-order valence-electron chi connectivity index (χ0n) is 36.3. The number of benzene rings is 11. The molecule has 0 aliphatic heterocycles. The molecule has 0 fully saturated rings. The predicted molar refractivity (Wildman–Crippen MR) is 291 cm³/mol. The number of para-hydroxylation sites is 4. The van der Waals surface area contributed by atoms with Crippen LogP contribution in [0.15, 0.2) is 249 Å². The smallest absolute Gasteiger partial charge is 0.0575 e. The largest absolute Gasteiger partial charge is 0.310 e. The lowest BCUT2D eigenvalue weighted by atomic mass is 10.0. The van der Waals surface area contributed by atoms with Gasteiger partial charge in [-0.05, 0) is 131 Å². The second-order valence-electron chi connectivity index (χ2n) is 16.9. The standard InChI is InChI=1S/C62H41N3S2/c1-5-18-44(19-6-1)63(45-20-7-2-8-21-45)48-34-36-59-56(38-48)53-35-33-50(40-60(53)66-59)64(46-22-9-3-10-23-46)51-39-57(62-54-27-15-16-28-58(54)67-61(62)41-51)65(47-24-11-4-12-25-47)49-32-31-43-30-29-42-17-13-14-26-52(42)55(43)37-49/h1-41H. The maximum atomic E-state index is 2.47. The van der Waals surface area contributed by atoms with Gasteiger partial charge in [0.1, 0.15) is 0 Å². The fraction of sp³-hybridized carbons (Fsp3) is 0. The fourth-order valence-corrected chi connectivity index (χ4v) is 12.2. The SMILES string of the molecule is c1ccc(N(c2ccc3c(c2)sc2ccc(N(c4ccccc4)c4ccccc4)cc23)c2cc(N(c3ccccc3)c3ccc4ccc5ccccc5c4c3)c3c(c2)sc2ccccc23)cc1. The monoisotopic (exact) mass is 891 g/mol. The lowest BCUT2D eigenvalue weighted by molar-refractivity contribution is 1.27. The van der Waals surface area contributed by atoms with Crippen molar-refractivity contribution in [3.05, 3.63) is 249 Å². The fourth-order valence-electron chi connectivity index (χ4n) is 9.92. The van der Waals surface area contributed by atoms with E-state index in [9.17, 15) is 0 Å². The summed E-state index contributed by atoms with van der Waals surface area (Å²) in [5, 5.41) is 9.96. The van der Waals surface area contributed by atoms with Crippen LogP contribution in [0, 0.1) is 0 Å². The maximum Gasteiger partial charge on any atom is 0.0575 e. The summed E-state index contributed by atoms with van der Waals surface area (Å²) in [4.78, 5) is 7.25. The quantitative estimate of drug-likeness (QED) is 0.134. The Morgan fingerprint density at radius 3 is 1.36 bits per heavy atom. The normalized spacial score (nSPS) is 11.6. The minimum absolute atomic E-state index is 1.09. The van der Waals surface area contributed by atoms with Crippen molar-refractivity contribution >= 4 is 136 Å². The number of nitrogens with zero attached hydrogens (tertiary/aromatic N) is 3. The molecule has 3 nitrogen and oxygen atoms in total. The number of thiophene rings is 2. The number of anilines is 9. The van der Waals surface area contributed by atoms with Crippen molar-refractivity contribution < 1.29 is 0 Å². The molecule has 5 heteroatoms. The Kier molecular flexibility index (Phi) is 9.55. The highest BCUT2D eigenvalue weighted by Gasteiger charge is 2.24. The van der Waals surface area contributed by atoms with E-state index >= 15 is 0 Å². The van der Waals surface area contributed by atoms with Gasteiger partial charge >= 0.3 is 0 Å². The van der Waals surface area contributed by atoms with Gasteiger partial charge < -0.3 is 14.7 Å². The van der Waals surface area contributed by atoms with E-state index in [0.717, 1.165) is 51.2 Å². The van der Waals surface area contributed by atoms with Crippen LogP contribution in [0.3, 0.4) is 0 Å². The minimum Gasteiger partial charge on any atom is -0.310 e. The third kappa shape index (κ3) is 6.87. The first-order chi connectivity index (χ1) is 33.2. The Labute approximate surface area is 396 Å². The zero-order valence-corrected chi connectivity index (χ0v) is 38.0. The van der Waals surface area contributed by atoms with Crippen molar-refractivity contribution in [1.82, 2.24) is 0 Å². The van der Waals surface area contributed by atoms with E-state index in [2.05, 4.69) is 263 Å². The second kappa shape index (κ2) is 16.3. The predicted octanol–water partition coefficient (Wildman–Crippen LogP) is 19.1. The van der Waals surface area contributed by atoms with E-state index in [1.807, 2.05) is 22.7 Å². The van der Waals surface area contributed by atoms with Crippen LogP contribution in [-0.4, -0.2) is 0 Å². The number of fused-ring (bicyclic) bond motifs is 9. The van der Waals surface area contributed by atoms with Crippen molar-refractivity contribution in [2.75, 3.05) is 14.7 Å². The van der Waals surface area contributed by atoms with Gasteiger partial charge in [0, 0.05) is 85.8 Å².